The van der Waals surface area contributed by atoms with E-state index in [0.717, 1.165) is 33.9 Å². The zero-order valence-electron chi connectivity index (χ0n) is 16.1. The Morgan fingerprint density at radius 3 is 2.66 bits per heavy atom. The van der Waals surface area contributed by atoms with Gasteiger partial charge in [-0.1, -0.05) is 18.2 Å². The Morgan fingerprint density at radius 2 is 1.93 bits per heavy atom. The first kappa shape index (κ1) is 19.4. The van der Waals surface area contributed by atoms with Crippen LogP contribution in [0.2, 0.25) is 0 Å². The summed E-state index contributed by atoms with van der Waals surface area (Å²) < 4.78 is 11.4. The largest absolute Gasteiger partial charge is 0.496 e. The number of hydrogen-bond donors (Lipinski definition) is 1. The lowest BCUT2D eigenvalue weighted by molar-refractivity contribution is 0.0956. The molecule has 1 aromatic heterocycles. The van der Waals surface area contributed by atoms with E-state index in [1.54, 1.807) is 26.5 Å². The Labute approximate surface area is 177 Å². The molecule has 1 fully saturated rings. The number of amides is 1. The third-order valence-corrected chi connectivity index (χ3v) is 5.47. The van der Waals surface area contributed by atoms with Crippen LogP contribution in [0.15, 0.2) is 52.0 Å². The molecule has 29 heavy (non-hydrogen) atoms. The highest BCUT2D eigenvalue weighted by molar-refractivity contribution is 9.10. The maximum absolute atomic E-state index is 12.9. The van der Waals surface area contributed by atoms with E-state index in [-0.39, 0.29) is 5.91 Å². The van der Waals surface area contributed by atoms with Crippen LogP contribution in [0.4, 0.5) is 0 Å². The van der Waals surface area contributed by atoms with Crippen molar-refractivity contribution in [1.29, 1.82) is 0 Å². The average molecular weight is 454 g/mol. The number of carbonyl (C=O) groups excluding carboxylic acids is 1. The van der Waals surface area contributed by atoms with Crippen molar-refractivity contribution in [2.75, 3.05) is 14.2 Å². The second-order valence-electron chi connectivity index (χ2n) is 6.81. The molecule has 2 aromatic carbocycles. The SMILES string of the molecule is COc1cc(OC)c(/C=N/NC(=O)c2cc(C3CC3)nc3ccccc23)cc1Br. The number of ether oxygens (including phenoxy) is 2. The molecule has 1 amide bonds. The van der Waals surface area contributed by atoms with E-state index in [0.29, 0.717) is 28.5 Å². The van der Waals surface area contributed by atoms with Gasteiger partial charge in [-0.3, -0.25) is 9.78 Å². The number of hydrogen-bond acceptors (Lipinski definition) is 5. The van der Waals surface area contributed by atoms with Crippen molar-refractivity contribution in [3.63, 3.8) is 0 Å². The van der Waals surface area contributed by atoms with Gasteiger partial charge in [0.25, 0.3) is 5.91 Å². The Kier molecular flexibility index (Phi) is 5.49. The zero-order valence-corrected chi connectivity index (χ0v) is 17.7. The number of nitrogens with zero attached hydrogens (tertiary/aromatic N) is 2. The predicted octanol–water partition coefficient (Wildman–Crippen LogP) is 4.66. The predicted molar refractivity (Wildman–Crippen MR) is 116 cm³/mol. The minimum Gasteiger partial charge on any atom is -0.496 e. The number of pyridine rings is 1. The van der Waals surface area contributed by atoms with Crippen molar-refractivity contribution >= 4 is 39.0 Å². The van der Waals surface area contributed by atoms with Gasteiger partial charge in [0.15, 0.2) is 0 Å². The molecule has 1 aliphatic carbocycles. The van der Waals surface area contributed by atoms with Gasteiger partial charge in [0.2, 0.25) is 0 Å². The summed E-state index contributed by atoms with van der Waals surface area (Å²) >= 11 is 3.45. The molecular formula is C22H20BrN3O3. The van der Waals surface area contributed by atoms with E-state index in [1.807, 2.05) is 36.4 Å². The smallest absolute Gasteiger partial charge is 0.272 e. The number of aromatic nitrogens is 1. The van der Waals surface area contributed by atoms with E-state index in [1.165, 1.54) is 0 Å². The van der Waals surface area contributed by atoms with Gasteiger partial charge in [-0.05, 0) is 47.0 Å². The molecule has 1 N–H and O–H groups in total. The molecule has 0 aliphatic heterocycles. The lowest BCUT2D eigenvalue weighted by Gasteiger charge is -2.10. The fourth-order valence-corrected chi connectivity index (χ4v) is 3.70. The topological polar surface area (TPSA) is 72.8 Å². The van der Waals surface area contributed by atoms with E-state index in [2.05, 4.69) is 26.5 Å². The van der Waals surface area contributed by atoms with Gasteiger partial charge in [0.05, 0.1) is 36.0 Å². The molecule has 148 valence electrons. The van der Waals surface area contributed by atoms with Gasteiger partial charge in [-0.2, -0.15) is 5.10 Å². The number of para-hydroxylation sites is 1. The van der Waals surface area contributed by atoms with Crippen molar-refractivity contribution in [1.82, 2.24) is 10.4 Å². The number of benzene rings is 2. The number of nitrogens with one attached hydrogen (secondary N) is 1. The lowest BCUT2D eigenvalue weighted by atomic mass is 10.1. The molecule has 0 radical (unpaired) electrons. The molecule has 0 bridgehead atoms. The van der Waals surface area contributed by atoms with Gasteiger partial charge < -0.3 is 9.47 Å². The maximum atomic E-state index is 12.9. The first-order valence-electron chi connectivity index (χ1n) is 9.25. The number of halogens is 1. The van der Waals surface area contributed by atoms with Crippen LogP contribution >= 0.6 is 15.9 Å². The van der Waals surface area contributed by atoms with Gasteiger partial charge >= 0.3 is 0 Å². The molecule has 0 unspecified atom stereocenters. The first-order chi connectivity index (χ1) is 14.1. The lowest BCUT2D eigenvalue weighted by Crippen LogP contribution is -2.18. The molecule has 0 atom stereocenters. The van der Waals surface area contributed by atoms with Crippen LogP contribution in [-0.2, 0) is 0 Å². The van der Waals surface area contributed by atoms with Crippen LogP contribution in [0.3, 0.4) is 0 Å². The standard InChI is InChI=1S/C22H20BrN3O3/c1-28-20-11-21(29-2)17(23)9-14(20)12-24-26-22(27)16-10-19(13-7-8-13)25-18-6-4-3-5-15(16)18/h3-6,9-13H,7-8H2,1-2H3,(H,26,27)/b24-12+. The second kappa shape index (κ2) is 8.21. The van der Waals surface area contributed by atoms with E-state index in [9.17, 15) is 4.79 Å². The molecule has 1 saturated carbocycles. The highest BCUT2D eigenvalue weighted by Crippen LogP contribution is 2.40. The summed E-state index contributed by atoms with van der Waals surface area (Å²) in [5, 5.41) is 4.95. The zero-order chi connectivity index (χ0) is 20.4. The molecule has 1 aliphatic rings. The van der Waals surface area contributed by atoms with Crippen molar-refractivity contribution in [3.8, 4) is 11.5 Å². The van der Waals surface area contributed by atoms with Gasteiger partial charge in [-0.25, -0.2) is 5.43 Å². The Bertz CT molecular complexity index is 1110. The number of rotatable bonds is 6. The summed E-state index contributed by atoms with van der Waals surface area (Å²) in [5.41, 5.74) is 5.71. The fourth-order valence-electron chi connectivity index (χ4n) is 3.18. The Balaban J connectivity index is 1.60. The molecule has 3 aromatic rings. The summed E-state index contributed by atoms with van der Waals surface area (Å²) in [5.74, 6) is 1.43. The normalized spacial score (nSPS) is 13.6. The number of fused-ring (bicyclic) bond motifs is 1. The van der Waals surface area contributed by atoms with E-state index >= 15 is 0 Å². The van der Waals surface area contributed by atoms with Gasteiger partial charge in [-0.15, -0.1) is 0 Å². The Morgan fingerprint density at radius 1 is 1.17 bits per heavy atom. The molecule has 6 nitrogen and oxygen atoms in total. The number of hydrazone groups is 1. The molecule has 1 heterocycles. The summed E-state index contributed by atoms with van der Waals surface area (Å²) in [6.45, 7) is 0. The summed E-state index contributed by atoms with van der Waals surface area (Å²) in [4.78, 5) is 17.6. The molecule has 7 heteroatoms. The molecule has 0 saturated heterocycles. The van der Waals surface area contributed by atoms with Crippen LogP contribution in [0.1, 0.15) is 40.4 Å². The minimum absolute atomic E-state index is 0.270. The summed E-state index contributed by atoms with van der Waals surface area (Å²) in [7, 11) is 3.16. The van der Waals surface area contributed by atoms with E-state index in [4.69, 9.17) is 14.5 Å². The third-order valence-electron chi connectivity index (χ3n) is 4.85. The average Bonchev–Trinajstić information content (AvgIpc) is 3.58. The monoisotopic (exact) mass is 453 g/mol. The quantitative estimate of drug-likeness (QED) is 0.435. The van der Waals surface area contributed by atoms with Crippen LogP contribution in [-0.4, -0.2) is 31.3 Å². The Hall–Kier alpha value is -2.93. The minimum atomic E-state index is -0.270. The van der Waals surface area contributed by atoms with Gasteiger partial charge in [0, 0.05) is 28.6 Å². The maximum Gasteiger partial charge on any atom is 0.272 e. The van der Waals surface area contributed by atoms with Crippen molar-refractivity contribution in [3.05, 3.63) is 63.8 Å². The van der Waals surface area contributed by atoms with Crippen LogP contribution < -0.4 is 14.9 Å². The van der Waals surface area contributed by atoms with Crippen molar-refractivity contribution in [2.45, 2.75) is 18.8 Å². The van der Waals surface area contributed by atoms with Crippen LogP contribution in [0.5, 0.6) is 11.5 Å². The molecule has 4 rings (SSSR count). The van der Waals surface area contributed by atoms with Gasteiger partial charge in [0.1, 0.15) is 11.5 Å². The van der Waals surface area contributed by atoms with Crippen LogP contribution in [0.25, 0.3) is 10.9 Å². The first-order valence-corrected chi connectivity index (χ1v) is 10.0. The number of carbonyl (C=O) groups is 1. The van der Waals surface area contributed by atoms with E-state index < -0.39 is 0 Å². The van der Waals surface area contributed by atoms with Crippen molar-refractivity contribution < 1.29 is 14.3 Å². The highest BCUT2D eigenvalue weighted by atomic mass is 79.9. The van der Waals surface area contributed by atoms with Crippen molar-refractivity contribution in [2.24, 2.45) is 5.10 Å². The molecular weight excluding hydrogens is 434 g/mol. The van der Waals surface area contributed by atoms with Crippen LogP contribution in [0, 0.1) is 0 Å². The molecule has 0 spiro atoms. The summed E-state index contributed by atoms with van der Waals surface area (Å²) in [6, 6.07) is 13.1. The highest BCUT2D eigenvalue weighted by Gasteiger charge is 2.26. The number of methoxy groups -OCH3 is 2. The second-order valence-corrected chi connectivity index (χ2v) is 7.67. The third kappa shape index (κ3) is 4.10. The summed E-state index contributed by atoms with van der Waals surface area (Å²) in [6.07, 6.45) is 3.79. The fraction of sp³-hybridized carbons (Fsp3) is 0.227.